The van der Waals surface area contributed by atoms with Crippen molar-refractivity contribution in [1.82, 2.24) is 4.98 Å². The Morgan fingerprint density at radius 3 is 2.62 bits per heavy atom. The molecular weight excluding hydrogens is 354 g/mol. The highest BCUT2D eigenvalue weighted by atomic mass is 32.1. The summed E-state index contributed by atoms with van der Waals surface area (Å²) in [6, 6.07) is 13.4. The first-order valence-corrected chi connectivity index (χ1v) is 8.38. The number of rotatable bonds is 4. The van der Waals surface area contributed by atoms with Gasteiger partial charge in [-0.3, -0.25) is 4.79 Å². The highest BCUT2D eigenvalue weighted by Crippen LogP contribution is 2.35. The summed E-state index contributed by atoms with van der Waals surface area (Å²) >= 11 is 1.06. The zero-order valence-electron chi connectivity index (χ0n) is 13.1. The molecule has 0 fully saturated rings. The molecule has 3 N–H and O–H groups in total. The fraction of sp³-hybridized carbons (Fsp3) is 0. The number of aromatic carboxylic acids is 1. The second-order valence-corrected chi connectivity index (χ2v) is 6.46. The highest BCUT2D eigenvalue weighted by molar-refractivity contribution is 7.17. The molecule has 8 heteroatoms. The van der Waals surface area contributed by atoms with Crippen LogP contribution in [0.2, 0.25) is 0 Å². The molecule has 0 radical (unpaired) electrons. The monoisotopic (exact) mass is 365 g/mol. The van der Waals surface area contributed by atoms with E-state index in [1.165, 1.54) is 6.07 Å². The maximum absolute atomic E-state index is 12.3. The quantitative estimate of drug-likeness (QED) is 0.648. The molecule has 7 nitrogen and oxygen atoms in total. The number of nitrogens with zero attached hydrogens (tertiary/aromatic N) is 2. The smallest absolute Gasteiger partial charge is 0.337 e. The number of nitrogens with one attached hydrogen (secondary N) is 1. The van der Waals surface area contributed by atoms with Gasteiger partial charge in [0.05, 0.1) is 22.2 Å². The normalized spacial score (nSPS) is 12.6. The van der Waals surface area contributed by atoms with Crippen LogP contribution in [0.15, 0.2) is 53.5 Å². The van der Waals surface area contributed by atoms with Crippen molar-refractivity contribution in [3.63, 3.8) is 0 Å². The minimum absolute atomic E-state index is 0.0775. The Hall–Kier alpha value is -3.52. The molecule has 2 heterocycles. The third-order valence-electron chi connectivity index (χ3n) is 3.84. The summed E-state index contributed by atoms with van der Waals surface area (Å²) in [5, 5.41) is 23.8. The number of benzene rings is 2. The number of para-hydroxylation sites is 2. The molecule has 26 heavy (non-hydrogen) atoms. The number of thiazole rings is 1. The number of amides is 1. The van der Waals surface area contributed by atoms with Gasteiger partial charge in [0.15, 0.2) is 5.13 Å². The van der Waals surface area contributed by atoms with Crippen LogP contribution in [0.3, 0.4) is 0 Å². The number of anilines is 2. The lowest BCUT2D eigenvalue weighted by molar-refractivity contribution is -0.112. The summed E-state index contributed by atoms with van der Waals surface area (Å²) in [5.41, 5.74) is 0.706. The van der Waals surface area contributed by atoms with Gasteiger partial charge in [-0.25, -0.2) is 9.79 Å². The van der Waals surface area contributed by atoms with Crippen LogP contribution in [0.5, 0.6) is 5.88 Å². The summed E-state index contributed by atoms with van der Waals surface area (Å²) < 4.78 is 0. The first kappa shape index (κ1) is 16.0. The van der Waals surface area contributed by atoms with E-state index in [-0.39, 0.29) is 22.1 Å². The Labute approximate surface area is 150 Å². The van der Waals surface area contributed by atoms with Crippen molar-refractivity contribution in [2.45, 2.75) is 0 Å². The van der Waals surface area contributed by atoms with E-state index in [2.05, 4.69) is 15.3 Å². The number of carboxylic acids is 1. The van der Waals surface area contributed by atoms with Crippen molar-refractivity contribution < 1.29 is 19.8 Å². The molecule has 0 unspecified atom stereocenters. The molecule has 128 valence electrons. The van der Waals surface area contributed by atoms with E-state index >= 15 is 0 Å². The second-order valence-electron chi connectivity index (χ2n) is 5.46. The van der Waals surface area contributed by atoms with Crippen LogP contribution in [-0.2, 0) is 4.79 Å². The summed E-state index contributed by atoms with van der Waals surface area (Å²) in [6.45, 7) is 0. The molecule has 0 atom stereocenters. The average Bonchev–Trinajstić information content (AvgIpc) is 3.13. The Bertz CT molecular complexity index is 1180. The summed E-state index contributed by atoms with van der Waals surface area (Å²) in [5.74, 6) is -1.83. The van der Waals surface area contributed by atoms with E-state index in [4.69, 9.17) is 0 Å². The maximum Gasteiger partial charge on any atom is 0.337 e. The summed E-state index contributed by atoms with van der Waals surface area (Å²) in [7, 11) is 0. The van der Waals surface area contributed by atoms with Gasteiger partial charge >= 0.3 is 5.97 Å². The molecule has 3 aromatic rings. The van der Waals surface area contributed by atoms with Crippen molar-refractivity contribution in [3.8, 4) is 5.88 Å². The van der Waals surface area contributed by atoms with Crippen molar-refractivity contribution in [3.05, 3.63) is 69.5 Å². The molecule has 0 saturated carbocycles. The lowest BCUT2D eigenvalue weighted by Gasteiger charge is -2.05. The number of aromatic hydroxyl groups is 1. The third-order valence-corrected chi connectivity index (χ3v) is 4.82. The number of hydrogen-bond acceptors (Lipinski definition) is 6. The van der Waals surface area contributed by atoms with E-state index in [1.54, 1.807) is 42.5 Å². The first-order valence-electron chi connectivity index (χ1n) is 7.56. The number of hydrogen-bond donors (Lipinski definition) is 3. The number of aromatic nitrogens is 1. The van der Waals surface area contributed by atoms with Crippen LogP contribution in [0.25, 0.3) is 5.57 Å². The largest absolute Gasteiger partial charge is 0.492 e. The van der Waals surface area contributed by atoms with Crippen molar-refractivity contribution in [1.29, 1.82) is 0 Å². The number of carboxylic acid groups (broad SMARTS) is 1. The van der Waals surface area contributed by atoms with Gasteiger partial charge < -0.3 is 15.5 Å². The zero-order chi connectivity index (χ0) is 18.3. The van der Waals surface area contributed by atoms with E-state index in [9.17, 15) is 19.8 Å². The van der Waals surface area contributed by atoms with Gasteiger partial charge in [0.1, 0.15) is 4.88 Å². The van der Waals surface area contributed by atoms with Crippen molar-refractivity contribution >= 4 is 39.6 Å². The molecule has 0 spiro atoms. The topological polar surface area (TPSA) is 112 Å². The van der Waals surface area contributed by atoms with Gasteiger partial charge in [0.2, 0.25) is 5.88 Å². The Morgan fingerprint density at radius 2 is 1.81 bits per heavy atom. The number of carbonyl (C=O) groups is 2. The first-order chi connectivity index (χ1) is 12.5. The van der Waals surface area contributed by atoms with E-state index in [0.29, 0.717) is 21.1 Å². The van der Waals surface area contributed by atoms with Crippen LogP contribution < -0.4 is 15.9 Å². The minimum atomic E-state index is -1.08. The van der Waals surface area contributed by atoms with Gasteiger partial charge in [-0.1, -0.05) is 41.7 Å². The lowest BCUT2D eigenvalue weighted by Crippen LogP contribution is -2.22. The van der Waals surface area contributed by atoms with Gasteiger partial charge in [-0.15, -0.1) is 0 Å². The zero-order valence-corrected chi connectivity index (χ0v) is 13.9. The fourth-order valence-corrected chi connectivity index (χ4v) is 3.63. The van der Waals surface area contributed by atoms with Gasteiger partial charge in [-0.2, -0.15) is 4.98 Å². The third kappa shape index (κ3) is 2.62. The SMILES string of the molecule is O=C1N=c2ccccc2=C1c1sc(Nc2ccccc2C(=O)O)nc1O. The Morgan fingerprint density at radius 1 is 1.08 bits per heavy atom. The molecule has 0 aliphatic carbocycles. The molecular formula is C18H11N3O4S. The van der Waals surface area contributed by atoms with E-state index < -0.39 is 11.9 Å². The number of fused-ring (bicyclic) bond motifs is 1. The fourth-order valence-electron chi connectivity index (χ4n) is 2.70. The van der Waals surface area contributed by atoms with Gasteiger partial charge in [0.25, 0.3) is 5.91 Å². The lowest BCUT2D eigenvalue weighted by atomic mass is 10.1. The van der Waals surface area contributed by atoms with E-state index in [0.717, 1.165) is 11.3 Å². The molecule has 0 saturated heterocycles. The van der Waals surface area contributed by atoms with Crippen LogP contribution in [0, 0.1) is 0 Å². The molecule has 4 rings (SSSR count). The van der Waals surface area contributed by atoms with Crippen molar-refractivity contribution in [2.75, 3.05) is 5.32 Å². The predicted octanol–water partition coefficient (Wildman–Crippen LogP) is 1.65. The minimum Gasteiger partial charge on any atom is -0.492 e. The van der Waals surface area contributed by atoms with Gasteiger partial charge in [-0.05, 0) is 18.2 Å². The molecule has 0 bridgehead atoms. The average molecular weight is 365 g/mol. The van der Waals surface area contributed by atoms with E-state index in [1.807, 2.05) is 0 Å². The van der Waals surface area contributed by atoms with Crippen molar-refractivity contribution in [2.24, 2.45) is 4.99 Å². The Balaban J connectivity index is 1.78. The molecule has 2 aromatic carbocycles. The molecule has 1 aliphatic rings. The van der Waals surface area contributed by atoms with Gasteiger partial charge in [0, 0.05) is 5.22 Å². The Kier molecular flexibility index (Phi) is 3.74. The molecule has 1 amide bonds. The maximum atomic E-state index is 12.3. The van der Waals surface area contributed by atoms with Crippen LogP contribution in [-0.4, -0.2) is 27.1 Å². The highest BCUT2D eigenvalue weighted by Gasteiger charge is 2.25. The standard InChI is InChI=1S/C18H11N3O4S/c22-15-13(9-5-1-3-7-11(9)19-15)14-16(23)21-18(26-14)20-12-8-4-2-6-10(12)17(24)25/h1-8,23H,(H,20,21)(H,24,25). The van der Waals surface area contributed by atoms with Crippen LogP contribution in [0.4, 0.5) is 10.8 Å². The predicted molar refractivity (Wildman–Crippen MR) is 95.2 cm³/mol. The molecule has 1 aromatic heterocycles. The summed E-state index contributed by atoms with van der Waals surface area (Å²) in [4.78, 5) is 31.8. The molecule has 1 aliphatic heterocycles. The van der Waals surface area contributed by atoms with Crippen LogP contribution >= 0.6 is 11.3 Å². The number of carbonyl (C=O) groups excluding carboxylic acids is 1. The van der Waals surface area contributed by atoms with Crippen LogP contribution in [0.1, 0.15) is 15.2 Å². The second kappa shape index (κ2) is 6.08. The summed E-state index contributed by atoms with van der Waals surface area (Å²) in [6.07, 6.45) is 0.